The third-order valence-electron chi connectivity index (χ3n) is 14.2. The highest BCUT2D eigenvalue weighted by Crippen LogP contribution is 2.64. The molecule has 0 radical (unpaired) electrons. The van der Waals surface area contributed by atoms with E-state index in [0.29, 0.717) is 0 Å². The first kappa shape index (κ1) is 39.1. The molecule has 4 nitrogen and oxygen atoms in total. The van der Waals surface area contributed by atoms with Crippen LogP contribution in [0, 0.1) is 0 Å². The summed E-state index contributed by atoms with van der Waals surface area (Å²) in [7, 11) is 0. The molecule has 4 heteroatoms. The number of hydrogen-bond donors (Lipinski definition) is 0. The fourth-order valence-electron chi connectivity index (χ4n) is 11.4. The monoisotopic (exact) mass is 882 g/mol. The van der Waals surface area contributed by atoms with Gasteiger partial charge in [-0.25, -0.2) is 0 Å². The van der Waals surface area contributed by atoms with Crippen LogP contribution in [-0.2, 0) is 5.41 Å². The molecule has 0 spiro atoms. The third-order valence-corrected chi connectivity index (χ3v) is 14.2. The Morgan fingerprint density at radius 3 is 1.14 bits per heavy atom. The summed E-state index contributed by atoms with van der Waals surface area (Å²) < 4.78 is 14.5. The molecule has 0 unspecified atom stereocenters. The average Bonchev–Trinajstić information content (AvgIpc) is 4.09. The van der Waals surface area contributed by atoms with Gasteiger partial charge in [0.15, 0.2) is 11.2 Å². The first-order valence-corrected chi connectivity index (χ1v) is 23.6. The minimum Gasteiger partial charge on any atom is -0.454 e. The van der Waals surface area contributed by atoms with Crippen molar-refractivity contribution in [2.45, 2.75) is 5.41 Å². The highest BCUT2D eigenvalue weighted by molar-refractivity contribution is 6.27. The van der Waals surface area contributed by atoms with Crippen LogP contribution in [-0.4, -0.2) is 0 Å². The van der Waals surface area contributed by atoms with Gasteiger partial charge in [0, 0.05) is 44.3 Å². The van der Waals surface area contributed by atoms with E-state index < -0.39 is 5.41 Å². The topological polar surface area (TPSA) is 32.8 Å². The van der Waals surface area contributed by atoms with Crippen LogP contribution in [0.5, 0.6) is 0 Å². The Hall–Kier alpha value is -9.12. The number of benzene rings is 11. The molecule has 0 fully saturated rings. The summed E-state index contributed by atoms with van der Waals surface area (Å²) in [5, 5.41) is 6.60. The first-order valence-electron chi connectivity index (χ1n) is 23.6. The van der Waals surface area contributed by atoms with E-state index in [1.165, 1.54) is 16.5 Å². The molecule has 0 bridgehead atoms. The van der Waals surface area contributed by atoms with Crippen molar-refractivity contribution >= 4 is 88.8 Å². The summed E-state index contributed by atoms with van der Waals surface area (Å²) >= 11 is 0. The lowest BCUT2D eigenvalue weighted by atomic mass is 9.67. The van der Waals surface area contributed by atoms with Crippen LogP contribution in [0.2, 0.25) is 0 Å². The minimum absolute atomic E-state index is 0.815. The number of hydrogen-bond acceptors (Lipinski definition) is 4. The van der Waals surface area contributed by atoms with Crippen LogP contribution in [0.1, 0.15) is 22.3 Å². The Morgan fingerprint density at radius 1 is 0.304 bits per heavy atom. The second-order valence-electron chi connectivity index (χ2n) is 17.9. The van der Waals surface area contributed by atoms with Crippen molar-refractivity contribution in [3.05, 3.63) is 277 Å². The lowest BCUT2D eigenvalue weighted by Gasteiger charge is -2.35. The van der Waals surface area contributed by atoms with Crippen molar-refractivity contribution in [1.82, 2.24) is 0 Å². The van der Waals surface area contributed by atoms with Crippen LogP contribution in [0.3, 0.4) is 0 Å². The molecule has 0 aliphatic heterocycles. The highest BCUT2D eigenvalue weighted by Gasteiger charge is 2.50. The molecule has 0 amide bonds. The van der Waals surface area contributed by atoms with E-state index in [4.69, 9.17) is 8.83 Å². The van der Waals surface area contributed by atoms with Gasteiger partial charge in [0.05, 0.1) is 16.8 Å². The van der Waals surface area contributed by atoms with Crippen molar-refractivity contribution in [2.24, 2.45) is 0 Å². The van der Waals surface area contributed by atoms with Gasteiger partial charge >= 0.3 is 0 Å². The number of nitrogens with zero attached hydrogens (tertiary/aromatic N) is 2. The van der Waals surface area contributed by atoms with Gasteiger partial charge in [-0.15, -0.1) is 0 Å². The predicted octanol–water partition coefficient (Wildman–Crippen LogP) is 17.9. The Kier molecular flexibility index (Phi) is 8.77. The summed E-state index contributed by atoms with van der Waals surface area (Å²) in [4.78, 5) is 4.75. The zero-order valence-corrected chi connectivity index (χ0v) is 37.5. The van der Waals surface area contributed by atoms with Gasteiger partial charge in [-0.1, -0.05) is 182 Å². The lowest BCUT2D eigenvalue weighted by molar-refractivity contribution is 0.668. The largest absolute Gasteiger partial charge is 0.454 e. The molecule has 0 N–H and O–H groups in total. The van der Waals surface area contributed by atoms with Gasteiger partial charge in [0.2, 0.25) is 0 Å². The van der Waals surface area contributed by atoms with Crippen molar-refractivity contribution in [2.75, 3.05) is 9.80 Å². The van der Waals surface area contributed by atoms with Crippen LogP contribution >= 0.6 is 0 Å². The molecule has 69 heavy (non-hydrogen) atoms. The van der Waals surface area contributed by atoms with Crippen molar-refractivity contribution in [3.8, 4) is 11.1 Å². The number of rotatable bonds is 8. The Morgan fingerprint density at radius 2 is 0.681 bits per heavy atom. The Labute approximate surface area is 399 Å². The van der Waals surface area contributed by atoms with Gasteiger partial charge in [-0.05, 0) is 117 Å². The molecule has 11 aromatic carbocycles. The van der Waals surface area contributed by atoms with Gasteiger partial charge < -0.3 is 18.6 Å². The third kappa shape index (κ3) is 5.82. The second kappa shape index (κ2) is 15.5. The van der Waals surface area contributed by atoms with E-state index in [0.717, 1.165) is 106 Å². The first-order chi connectivity index (χ1) is 34.3. The Balaban J connectivity index is 1.22. The number of para-hydroxylation sites is 5. The van der Waals surface area contributed by atoms with E-state index in [1.54, 1.807) is 0 Å². The summed E-state index contributed by atoms with van der Waals surface area (Å²) in [6, 6.07) is 91.6. The van der Waals surface area contributed by atoms with E-state index >= 15 is 0 Å². The summed E-state index contributed by atoms with van der Waals surface area (Å²) in [6.45, 7) is 0. The van der Waals surface area contributed by atoms with E-state index in [2.05, 4.69) is 265 Å². The summed E-state index contributed by atoms with van der Waals surface area (Å²) in [5.41, 5.74) is 15.4. The fourth-order valence-corrected chi connectivity index (χ4v) is 11.4. The average molecular weight is 883 g/mol. The maximum atomic E-state index is 7.30. The lowest BCUT2D eigenvalue weighted by Crippen LogP contribution is -2.29. The van der Waals surface area contributed by atoms with Gasteiger partial charge in [-0.2, -0.15) is 0 Å². The van der Waals surface area contributed by atoms with Crippen LogP contribution in [0.4, 0.5) is 34.1 Å². The number of fused-ring (bicyclic) bond motifs is 12. The van der Waals surface area contributed by atoms with Crippen LogP contribution in [0.25, 0.3) is 65.8 Å². The maximum Gasteiger partial charge on any atom is 0.160 e. The maximum absolute atomic E-state index is 7.30. The summed E-state index contributed by atoms with van der Waals surface area (Å²) in [6.07, 6.45) is 0. The zero-order valence-electron chi connectivity index (χ0n) is 37.5. The molecule has 13 aromatic rings. The summed E-state index contributed by atoms with van der Waals surface area (Å²) in [5.74, 6) is 0. The molecular formula is C65H42N2O2. The van der Waals surface area contributed by atoms with Gasteiger partial charge in [-0.3, -0.25) is 0 Å². The second-order valence-corrected chi connectivity index (χ2v) is 17.9. The number of furan rings is 2. The molecule has 2 aromatic heterocycles. The molecule has 1 aliphatic rings. The van der Waals surface area contributed by atoms with Crippen LogP contribution in [0.15, 0.2) is 264 Å². The molecule has 0 atom stereocenters. The quantitative estimate of drug-likeness (QED) is 0.152. The van der Waals surface area contributed by atoms with Crippen molar-refractivity contribution in [1.29, 1.82) is 0 Å². The normalized spacial score (nSPS) is 12.8. The van der Waals surface area contributed by atoms with E-state index in [9.17, 15) is 0 Å². The molecule has 1 aliphatic carbocycles. The van der Waals surface area contributed by atoms with Gasteiger partial charge in [0.25, 0.3) is 0 Å². The number of anilines is 6. The SMILES string of the molecule is c1ccc(N(c2ccccc2)c2cc3c(c4c2oc2ccccc24)-c2c(cc(N(c4ccccc4)c4ccc5ccccc5c4)c4oc5ccccc5c24)C3(c2ccccc2)c2ccccc2)cc1. The van der Waals surface area contributed by atoms with E-state index in [-0.39, 0.29) is 0 Å². The molecule has 14 rings (SSSR count). The van der Waals surface area contributed by atoms with Crippen molar-refractivity contribution < 1.29 is 8.83 Å². The van der Waals surface area contributed by atoms with Crippen LogP contribution < -0.4 is 9.80 Å². The predicted molar refractivity (Wildman–Crippen MR) is 285 cm³/mol. The molecule has 324 valence electrons. The van der Waals surface area contributed by atoms with E-state index in [1.807, 2.05) is 0 Å². The zero-order chi connectivity index (χ0) is 45.5. The molecular weight excluding hydrogens is 841 g/mol. The highest BCUT2D eigenvalue weighted by atomic mass is 16.3. The van der Waals surface area contributed by atoms with Gasteiger partial charge in [0.1, 0.15) is 11.2 Å². The standard InChI is InChI=1S/C65H42N2O2/c1-6-24-45(25-7-1)65(46-26-8-2-9-27-46)53-41-55(66(47-28-10-3-11-29-47)48-30-12-4-13-31-48)63-59(51-34-18-20-36-57(51)68-63)61(53)62-54(65)42-56(64-60(62)52-35-19-21-37-58(52)69-64)67(49-32-14-5-15-33-49)50-39-38-43-22-16-17-23-44(43)40-50/h1-42H. The minimum atomic E-state index is -0.833. The molecule has 0 saturated heterocycles. The molecule has 0 saturated carbocycles. The fraction of sp³-hybridized carbons (Fsp3) is 0.0154. The smallest absolute Gasteiger partial charge is 0.160 e. The Bertz CT molecular complexity index is 3990. The van der Waals surface area contributed by atoms with Crippen molar-refractivity contribution in [3.63, 3.8) is 0 Å². The molecule has 2 heterocycles.